The zero-order valence-electron chi connectivity index (χ0n) is 14.9. The maximum atomic E-state index is 12.2. The molecule has 1 saturated carbocycles. The topological polar surface area (TPSA) is 54.9 Å². The van der Waals surface area contributed by atoms with Gasteiger partial charge in [-0.25, -0.2) is 0 Å². The standard InChI is InChI=1S/C18H26F3N3O2/c1-22-17(23-8-3-9-25-12-14-6-7-14)24-11-15-4-2-5-16(10-15)26-13-18(19,20)21/h2,4-5,10,14H,3,6-9,11-13H2,1H3,(H2,22,23,24). The lowest BCUT2D eigenvalue weighted by molar-refractivity contribution is -0.153. The summed E-state index contributed by atoms with van der Waals surface area (Å²) in [4.78, 5) is 4.12. The molecule has 2 N–H and O–H groups in total. The van der Waals surface area contributed by atoms with Crippen LogP contribution < -0.4 is 15.4 Å². The molecule has 1 fully saturated rings. The van der Waals surface area contributed by atoms with Crippen LogP contribution in [0, 0.1) is 5.92 Å². The quantitative estimate of drug-likeness (QED) is 0.376. The molecule has 0 saturated heterocycles. The van der Waals surface area contributed by atoms with Gasteiger partial charge in [0.2, 0.25) is 0 Å². The summed E-state index contributed by atoms with van der Waals surface area (Å²) >= 11 is 0. The third kappa shape index (κ3) is 8.94. The van der Waals surface area contributed by atoms with Crippen LogP contribution in [0.4, 0.5) is 13.2 Å². The van der Waals surface area contributed by atoms with Crippen molar-refractivity contribution in [1.82, 2.24) is 10.6 Å². The normalized spacial score (nSPS) is 15.0. The summed E-state index contributed by atoms with van der Waals surface area (Å²) in [7, 11) is 1.67. The fourth-order valence-corrected chi connectivity index (χ4v) is 2.23. The van der Waals surface area contributed by atoms with Crippen LogP contribution in [0.25, 0.3) is 0 Å². The Morgan fingerprint density at radius 1 is 1.27 bits per heavy atom. The second kappa shape index (κ2) is 10.3. The average molecular weight is 373 g/mol. The summed E-state index contributed by atoms with van der Waals surface area (Å²) in [5.41, 5.74) is 0.806. The minimum absolute atomic E-state index is 0.192. The number of nitrogens with zero attached hydrogens (tertiary/aromatic N) is 1. The molecule has 0 atom stereocenters. The van der Waals surface area contributed by atoms with Gasteiger partial charge in [0, 0.05) is 33.4 Å². The number of benzene rings is 1. The van der Waals surface area contributed by atoms with Gasteiger partial charge in [0.15, 0.2) is 12.6 Å². The van der Waals surface area contributed by atoms with Gasteiger partial charge in [-0.05, 0) is 42.9 Å². The SMILES string of the molecule is CN=C(NCCCOCC1CC1)NCc1cccc(OCC(F)(F)F)c1. The van der Waals surface area contributed by atoms with Crippen LogP contribution >= 0.6 is 0 Å². The molecule has 0 spiro atoms. The van der Waals surface area contributed by atoms with E-state index in [1.807, 2.05) is 6.07 Å². The smallest absolute Gasteiger partial charge is 0.422 e. The number of ether oxygens (including phenoxy) is 2. The fraction of sp³-hybridized carbons (Fsp3) is 0.611. The molecule has 1 aromatic rings. The highest BCUT2D eigenvalue weighted by Crippen LogP contribution is 2.28. The molecule has 8 heteroatoms. The van der Waals surface area contributed by atoms with Gasteiger partial charge in [-0.15, -0.1) is 0 Å². The molecule has 0 aromatic heterocycles. The summed E-state index contributed by atoms with van der Waals surface area (Å²) < 4.78 is 47.0. The molecule has 0 unspecified atom stereocenters. The number of alkyl halides is 3. The molecular weight excluding hydrogens is 347 g/mol. The van der Waals surface area contributed by atoms with Gasteiger partial charge < -0.3 is 20.1 Å². The van der Waals surface area contributed by atoms with Crippen molar-refractivity contribution in [1.29, 1.82) is 0 Å². The third-order valence-corrected chi connectivity index (χ3v) is 3.79. The van der Waals surface area contributed by atoms with Crippen LogP contribution in [0.5, 0.6) is 5.75 Å². The lowest BCUT2D eigenvalue weighted by Gasteiger charge is -2.13. The Bertz CT molecular complexity index is 575. The molecule has 5 nitrogen and oxygen atoms in total. The van der Waals surface area contributed by atoms with E-state index in [0.717, 1.165) is 37.7 Å². The van der Waals surface area contributed by atoms with Crippen molar-refractivity contribution in [3.05, 3.63) is 29.8 Å². The van der Waals surface area contributed by atoms with Crippen LogP contribution in [0.2, 0.25) is 0 Å². The van der Waals surface area contributed by atoms with E-state index in [1.165, 1.54) is 18.9 Å². The predicted octanol–water partition coefficient (Wildman–Crippen LogP) is 3.11. The number of hydrogen-bond donors (Lipinski definition) is 2. The molecule has 2 rings (SSSR count). The van der Waals surface area contributed by atoms with E-state index in [4.69, 9.17) is 9.47 Å². The Kier molecular flexibility index (Phi) is 8.03. The van der Waals surface area contributed by atoms with Crippen molar-refractivity contribution < 1.29 is 22.6 Å². The molecule has 0 bridgehead atoms. The van der Waals surface area contributed by atoms with E-state index in [1.54, 1.807) is 19.2 Å². The fourth-order valence-electron chi connectivity index (χ4n) is 2.23. The first-order valence-electron chi connectivity index (χ1n) is 8.77. The van der Waals surface area contributed by atoms with E-state index in [2.05, 4.69) is 15.6 Å². The second-order valence-electron chi connectivity index (χ2n) is 6.28. The maximum absolute atomic E-state index is 12.2. The lowest BCUT2D eigenvalue weighted by Crippen LogP contribution is -2.37. The summed E-state index contributed by atoms with van der Waals surface area (Å²) in [6, 6.07) is 6.56. The average Bonchev–Trinajstić information content (AvgIpc) is 3.43. The summed E-state index contributed by atoms with van der Waals surface area (Å²) in [6.07, 6.45) is -0.884. The highest BCUT2D eigenvalue weighted by Gasteiger charge is 2.28. The van der Waals surface area contributed by atoms with Crippen molar-refractivity contribution in [2.24, 2.45) is 10.9 Å². The number of nitrogens with one attached hydrogen (secondary N) is 2. The van der Waals surface area contributed by atoms with Gasteiger partial charge >= 0.3 is 6.18 Å². The van der Waals surface area contributed by atoms with E-state index < -0.39 is 12.8 Å². The van der Waals surface area contributed by atoms with Gasteiger partial charge in [0.05, 0.1) is 0 Å². The third-order valence-electron chi connectivity index (χ3n) is 3.79. The zero-order chi connectivity index (χ0) is 18.8. The highest BCUT2D eigenvalue weighted by molar-refractivity contribution is 5.79. The van der Waals surface area contributed by atoms with Crippen LogP contribution in [0.15, 0.2) is 29.3 Å². The van der Waals surface area contributed by atoms with Crippen LogP contribution in [0.3, 0.4) is 0 Å². The minimum atomic E-state index is -4.34. The van der Waals surface area contributed by atoms with Gasteiger partial charge in [0.25, 0.3) is 0 Å². The Balaban J connectivity index is 1.65. The van der Waals surface area contributed by atoms with Crippen molar-refractivity contribution in [3.8, 4) is 5.75 Å². The lowest BCUT2D eigenvalue weighted by atomic mass is 10.2. The van der Waals surface area contributed by atoms with Crippen LogP contribution in [0.1, 0.15) is 24.8 Å². The number of aliphatic imine (C=N–C) groups is 1. The molecule has 146 valence electrons. The van der Waals surface area contributed by atoms with Crippen molar-refractivity contribution in [2.45, 2.75) is 32.0 Å². The Morgan fingerprint density at radius 2 is 2.08 bits per heavy atom. The van der Waals surface area contributed by atoms with Gasteiger partial charge in [0.1, 0.15) is 5.75 Å². The minimum Gasteiger partial charge on any atom is -0.484 e. The maximum Gasteiger partial charge on any atom is 0.422 e. The molecule has 0 heterocycles. The van der Waals surface area contributed by atoms with Gasteiger partial charge in [-0.3, -0.25) is 4.99 Å². The predicted molar refractivity (Wildman–Crippen MR) is 94.4 cm³/mol. The number of rotatable bonds is 10. The Hall–Kier alpha value is -1.96. The molecule has 0 aliphatic heterocycles. The van der Waals surface area contributed by atoms with E-state index in [-0.39, 0.29) is 5.75 Å². The molecule has 1 aromatic carbocycles. The van der Waals surface area contributed by atoms with Crippen LogP contribution in [-0.2, 0) is 11.3 Å². The molecule has 26 heavy (non-hydrogen) atoms. The van der Waals surface area contributed by atoms with E-state index in [9.17, 15) is 13.2 Å². The van der Waals surface area contributed by atoms with Crippen molar-refractivity contribution in [2.75, 3.05) is 33.4 Å². The van der Waals surface area contributed by atoms with Crippen molar-refractivity contribution in [3.63, 3.8) is 0 Å². The molecule has 1 aliphatic rings. The Labute approximate surface area is 152 Å². The van der Waals surface area contributed by atoms with Crippen molar-refractivity contribution >= 4 is 5.96 Å². The monoisotopic (exact) mass is 373 g/mol. The molecule has 0 radical (unpaired) electrons. The molecular formula is C18H26F3N3O2. The largest absolute Gasteiger partial charge is 0.484 e. The number of guanidine groups is 1. The first-order chi connectivity index (χ1) is 12.5. The first kappa shape index (κ1) is 20.4. The second-order valence-corrected chi connectivity index (χ2v) is 6.28. The Morgan fingerprint density at radius 3 is 2.77 bits per heavy atom. The number of hydrogen-bond acceptors (Lipinski definition) is 3. The summed E-state index contributed by atoms with van der Waals surface area (Å²) in [5.74, 6) is 1.60. The van der Waals surface area contributed by atoms with Gasteiger partial charge in [-0.2, -0.15) is 13.2 Å². The number of halogens is 3. The molecule has 1 aliphatic carbocycles. The summed E-state index contributed by atoms with van der Waals surface area (Å²) in [5, 5.41) is 6.31. The van der Waals surface area contributed by atoms with Gasteiger partial charge in [-0.1, -0.05) is 12.1 Å². The van der Waals surface area contributed by atoms with E-state index in [0.29, 0.717) is 12.5 Å². The van der Waals surface area contributed by atoms with E-state index >= 15 is 0 Å². The molecule has 0 amide bonds. The highest BCUT2D eigenvalue weighted by atomic mass is 19.4. The first-order valence-corrected chi connectivity index (χ1v) is 8.77. The zero-order valence-corrected chi connectivity index (χ0v) is 14.9. The summed E-state index contributed by atoms with van der Waals surface area (Å²) in [6.45, 7) is 1.45. The van der Waals surface area contributed by atoms with Crippen LogP contribution in [-0.4, -0.2) is 45.5 Å².